The highest BCUT2D eigenvalue weighted by molar-refractivity contribution is 5.98. The quantitative estimate of drug-likeness (QED) is 0.852. The number of alkyl halides is 3. The standard InChI is InChI=1S/C16H17F3N2O/c1-10-4-5-13-11(7-10)8-14(20-13)15(22)21-6-2-3-12(9-21)16(17,18)19/h4-5,7-8,12,20H,2-3,6,9H2,1H3/t12-/m1/s1. The first-order valence-electron chi connectivity index (χ1n) is 7.30. The van der Waals surface area contributed by atoms with E-state index in [-0.39, 0.29) is 18.9 Å². The molecule has 6 heteroatoms. The number of nitrogens with zero attached hydrogens (tertiary/aromatic N) is 1. The van der Waals surface area contributed by atoms with Crippen molar-refractivity contribution in [2.75, 3.05) is 13.1 Å². The van der Waals surface area contributed by atoms with Crippen molar-refractivity contribution < 1.29 is 18.0 Å². The van der Waals surface area contributed by atoms with Crippen LogP contribution in [0, 0.1) is 12.8 Å². The summed E-state index contributed by atoms with van der Waals surface area (Å²) in [4.78, 5) is 16.8. The number of carbonyl (C=O) groups excluding carboxylic acids is 1. The lowest BCUT2D eigenvalue weighted by Gasteiger charge is -2.33. The molecule has 1 amide bonds. The third-order valence-corrected chi connectivity index (χ3v) is 4.18. The third-order valence-electron chi connectivity index (χ3n) is 4.18. The maximum atomic E-state index is 12.8. The Kier molecular flexibility index (Phi) is 3.62. The van der Waals surface area contributed by atoms with Gasteiger partial charge in [-0.3, -0.25) is 4.79 Å². The second kappa shape index (κ2) is 5.34. The number of aromatic amines is 1. The molecule has 3 nitrogen and oxygen atoms in total. The fourth-order valence-electron chi connectivity index (χ4n) is 2.97. The minimum Gasteiger partial charge on any atom is -0.351 e. The van der Waals surface area contributed by atoms with Gasteiger partial charge in [-0.05, 0) is 38.0 Å². The number of fused-ring (bicyclic) bond motifs is 1. The maximum absolute atomic E-state index is 12.8. The first-order valence-corrected chi connectivity index (χ1v) is 7.30. The molecule has 0 spiro atoms. The van der Waals surface area contributed by atoms with E-state index in [1.165, 1.54) is 4.90 Å². The van der Waals surface area contributed by atoms with Crippen molar-refractivity contribution >= 4 is 16.8 Å². The van der Waals surface area contributed by atoms with Crippen LogP contribution in [0.15, 0.2) is 24.3 Å². The maximum Gasteiger partial charge on any atom is 0.393 e. The van der Waals surface area contributed by atoms with E-state index in [0.29, 0.717) is 18.7 Å². The molecule has 0 aliphatic carbocycles. The summed E-state index contributed by atoms with van der Waals surface area (Å²) in [6, 6.07) is 7.45. The molecule has 2 heterocycles. The number of hydrogen-bond donors (Lipinski definition) is 1. The Bertz CT molecular complexity index is 705. The highest BCUT2D eigenvalue weighted by Crippen LogP contribution is 2.33. The van der Waals surface area contributed by atoms with Gasteiger partial charge in [0.05, 0.1) is 5.92 Å². The fourth-order valence-corrected chi connectivity index (χ4v) is 2.97. The lowest BCUT2D eigenvalue weighted by molar-refractivity contribution is -0.184. The van der Waals surface area contributed by atoms with Gasteiger partial charge in [0.2, 0.25) is 0 Å². The Morgan fingerprint density at radius 3 is 2.82 bits per heavy atom. The molecule has 1 aliphatic heterocycles. The number of carbonyl (C=O) groups is 1. The molecule has 1 aromatic carbocycles. The number of halogens is 3. The highest BCUT2D eigenvalue weighted by Gasteiger charge is 2.42. The predicted octanol–water partition coefficient (Wildman–Crippen LogP) is 3.89. The van der Waals surface area contributed by atoms with Crippen molar-refractivity contribution in [3.8, 4) is 0 Å². The topological polar surface area (TPSA) is 36.1 Å². The summed E-state index contributed by atoms with van der Waals surface area (Å²) in [5, 5.41) is 0.896. The summed E-state index contributed by atoms with van der Waals surface area (Å²) in [6.07, 6.45) is -3.76. The van der Waals surface area contributed by atoms with Crippen LogP contribution in [0.5, 0.6) is 0 Å². The van der Waals surface area contributed by atoms with Gasteiger partial charge in [-0.2, -0.15) is 13.2 Å². The van der Waals surface area contributed by atoms with Crippen LogP contribution in [-0.2, 0) is 0 Å². The zero-order valence-electron chi connectivity index (χ0n) is 12.2. The van der Waals surface area contributed by atoms with Gasteiger partial charge < -0.3 is 9.88 Å². The zero-order valence-corrected chi connectivity index (χ0v) is 12.2. The van der Waals surface area contributed by atoms with Crippen LogP contribution in [-0.4, -0.2) is 35.1 Å². The summed E-state index contributed by atoms with van der Waals surface area (Å²) < 4.78 is 38.5. The minimum atomic E-state index is -4.24. The first-order chi connectivity index (χ1) is 10.3. The molecular weight excluding hydrogens is 293 g/mol. The van der Waals surface area contributed by atoms with E-state index in [9.17, 15) is 18.0 Å². The lowest BCUT2D eigenvalue weighted by atomic mass is 9.97. The van der Waals surface area contributed by atoms with Gasteiger partial charge in [-0.15, -0.1) is 0 Å². The second-order valence-corrected chi connectivity index (χ2v) is 5.91. The van der Waals surface area contributed by atoms with Crippen LogP contribution in [0.1, 0.15) is 28.9 Å². The Labute approximate surface area is 126 Å². The number of hydrogen-bond acceptors (Lipinski definition) is 1. The molecule has 1 aromatic heterocycles. The molecule has 0 bridgehead atoms. The molecule has 0 radical (unpaired) electrons. The van der Waals surface area contributed by atoms with Crippen LogP contribution in [0.2, 0.25) is 0 Å². The average Bonchev–Trinajstić information content (AvgIpc) is 2.88. The van der Waals surface area contributed by atoms with E-state index in [1.54, 1.807) is 6.07 Å². The van der Waals surface area contributed by atoms with Crippen molar-refractivity contribution in [1.82, 2.24) is 9.88 Å². The normalized spacial score (nSPS) is 19.6. The van der Waals surface area contributed by atoms with Gasteiger partial charge in [0, 0.05) is 24.0 Å². The minimum absolute atomic E-state index is 0.0964. The fraction of sp³-hybridized carbons (Fsp3) is 0.438. The van der Waals surface area contributed by atoms with Crippen molar-refractivity contribution in [2.24, 2.45) is 5.92 Å². The Morgan fingerprint density at radius 1 is 1.32 bits per heavy atom. The van der Waals surface area contributed by atoms with Crippen molar-refractivity contribution in [3.05, 3.63) is 35.5 Å². The van der Waals surface area contributed by atoms with Crippen molar-refractivity contribution in [1.29, 1.82) is 0 Å². The van der Waals surface area contributed by atoms with E-state index in [0.717, 1.165) is 16.5 Å². The molecule has 1 fully saturated rings. The van der Waals surface area contributed by atoms with Gasteiger partial charge in [-0.1, -0.05) is 11.6 Å². The number of aryl methyl sites for hydroxylation is 1. The smallest absolute Gasteiger partial charge is 0.351 e. The van der Waals surface area contributed by atoms with Gasteiger partial charge in [-0.25, -0.2) is 0 Å². The predicted molar refractivity (Wildman–Crippen MR) is 77.7 cm³/mol. The largest absolute Gasteiger partial charge is 0.393 e. The number of H-pyrrole nitrogens is 1. The number of benzene rings is 1. The van der Waals surface area contributed by atoms with E-state index < -0.39 is 12.1 Å². The summed E-state index contributed by atoms with van der Waals surface area (Å²) >= 11 is 0. The summed E-state index contributed by atoms with van der Waals surface area (Å²) in [5.41, 5.74) is 2.24. The molecule has 0 saturated carbocycles. The Hall–Kier alpha value is -1.98. The monoisotopic (exact) mass is 310 g/mol. The van der Waals surface area contributed by atoms with E-state index in [2.05, 4.69) is 4.98 Å². The number of piperidine rings is 1. The molecule has 2 aromatic rings. The lowest BCUT2D eigenvalue weighted by Crippen LogP contribution is -2.44. The molecule has 0 unspecified atom stereocenters. The highest BCUT2D eigenvalue weighted by atomic mass is 19.4. The van der Waals surface area contributed by atoms with Crippen LogP contribution in [0.4, 0.5) is 13.2 Å². The summed E-state index contributed by atoms with van der Waals surface area (Å²) in [5.74, 6) is -1.78. The van der Waals surface area contributed by atoms with Gasteiger partial charge in [0.15, 0.2) is 0 Å². The molecule has 118 valence electrons. The van der Waals surface area contributed by atoms with Crippen LogP contribution in [0.3, 0.4) is 0 Å². The zero-order chi connectivity index (χ0) is 15.9. The van der Waals surface area contributed by atoms with Gasteiger partial charge in [0.25, 0.3) is 5.91 Å². The summed E-state index contributed by atoms with van der Waals surface area (Å²) in [7, 11) is 0. The third kappa shape index (κ3) is 2.82. The van der Waals surface area contributed by atoms with Gasteiger partial charge >= 0.3 is 6.18 Å². The molecule has 1 N–H and O–H groups in total. The number of rotatable bonds is 1. The average molecular weight is 310 g/mol. The van der Waals surface area contributed by atoms with E-state index in [4.69, 9.17) is 0 Å². The molecule has 22 heavy (non-hydrogen) atoms. The summed E-state index contributed by atoms with van der Waals surface area (Å²) in [6.45, 7) is 2.07. The second-order valence-electron chi connectivity index (χ2n) is 5.91. The molecule has 1 atom stereocenters. The van der Waals surface area contributed by atoms with Crippen LogP contribution in [0.25, 0.3) is 10.9 Å². The molecule has 3 rings (SSSR count). The first kappa shape index (κ1) is 14.9. The van der Waals surface area contributed by atoms with Crippen molar-refractivity contribution in [2.45, 2.75) is 25.9 Å². The van der Waals surface area contributed by atoms with E-state index in [1.807, 2.05) is 25.1 Å². The number of aromatic nitrogens is 1. The molecule has 1 aliphatic rings. The number of amides is 1. The van der Waals surface area contributed by atoms with E-state index >= 15 is 0 Å². The Morgan fingerprint density at radius 2 is 2.09 bits per heavy atom. The molecular formula is C16H17F3N2O. The SMILES string of the molecule is Cc1ccc2[nH]c(C(=O)N3CCC[C@@H](C(F)(F)F)C3)cc2c1. The van der Waals surface area contributed by atoms with Crippen LogP contribution < -0.4 is 0 Å². The van der Waals surface area contributed by atoms with Crippen LogP contribution >= 0.6 is 0 Å². The number of likely N-dealkylation sites (tertiary alicyclic amines) is 1. The Balaban J connectivity index is 1.82. The van der Waals surface area contributed by atoms with Crippen molar-refractivity contribution in [3.63, 3.8) is 0 Å². The van der Waals surface area contributed by atoms with Gasteiger partial charge in [0.1, 0.15) is 5.69 Å². The number of nitrogens with one attached hydrogen (secondary N) is 1. The molecule has 1 saturated heterocycles.